The topological polar surface area (TPSA) is 84.2 Å². The van der Waals surface area contributed by atoms with Crippen LogP contribution < -0.4 is 0 Å². The highest BCUT2D eigenvalue weighted by Crippen LogP contribution is 2.46. The van der Waals surface area contributed by atoms with E-state index in [1.54, 1.807) is 19.1 Å². The number of aldehydes is 1. The summed E-state index contributed by atoms with van der Waals surface area (Å²) in [5.74, 6) is 0.592. The van der Waals surface area contributed by atoms with Crippen molar-refractivity contribution in [3.63, 3.8) is 0 Å². The number of hydrogen-bond donors (Lipinski definition) is 0. The first-order chi connectivity index (χ1) is 18.9. The quantitative estimate of drug-likeness (QED) is 0.108. The molecule has 8 heteroatoms. The Morgan fingerprint density at radius 2 is 1.73 bits per heavy atom. The van der Waals surface area contributed by atoms with Gasteiger partial charge in [-0.25, -0.2) is 4.79 Å². The first kappa shape index (κ1) is 32.0. The summed E-state index contributed by atoms with van der Waals surface area (Å²) in [6.07, 6.45) is 3.55. The molecule has 4 atom stereocenters. The van der Waals surface area contributed by atoms with E-state index < -0.39 is 26.0 Å². The summed E-state index contributed by atoms with van der Waals surface area (Å²) in [5.41, 5.74) is 0.909. The Morgan fingerprint density at radius 3 is 2.30 bits per heavy atom. The van der Waals surface area contributed by atoms with Gasteiger partial charge in [-0.15, -0.1) is 0 Å². The lowest BCUT2D eigenvalue weighted by Crippen LogP contribution is -2.61. The summed E-state index contributed by atoms with van der Waals surface area (Å²) in [4.78, 5) is 23.9. The van der Waals surface area contributed by atoms with Crippen molar-refractivity contribution < 1.29 is 32.3 Å². The molecule has 0 unspecified atom stereocenters. The second kappa shape index (κ2) is 13.9. The molecule has 0 aliphatic carbocycles. The van der Waals surface area contributed by atoms with Gasteiger partial charge in [0.2, 0.25) is 0 Å². The lowest BCUT2D eigenvalue weighted by molar-refractivity contribution is -0.155. The molecule has 1 aliphatic heterocycles. The Hall–Kier alpha value is -2.52. The molecule has 2 aromatic rings. The van der Waals surface area contributed by atoms with E-state index in [0.29, 0.717) is 31.0 Å². The van der Waals surface area contributed by atoms with E-state index in [1.807, 2.05) is 43.3 Å². The van der Waals surface area contributed by atoms with E-state index in [0.717, 1.165) is 11.8 Å². The van der Waals surface area contributed by atoms with Crippen LogP contribution in [0, 0.1) is 0 Å². The number of rotatable bonds is 13. The van der Waals surface area contributed by atoms with Crippen LogP contribution in [0.5, 0.6) is 0 Å². The fourth-order valence-electron chi connectivity index (χ4n) is 5.39. The predicted octanol–water partition coefficient (Wildman–Crippen LogP) is 7.29. The molecule has 0 N–H and O–H groups in total. The number of hydrogen-bond acceptors (Lipinski definition) is 7. The Labute approximate surface area is 240 Å². The van der Waals surface area contributed by atoms with E-state index in [2.05, 4.69) is 41.5 Å². The molecule has 0 amide bonds. The largest absolute Gasteiger partial charge is 0.458 e. The number of esters is 1. The number of carbonyl (C=O) groups excluding carboxylic acids is 2. The molecule has 0 radical (unpaired) electrons. The van der Waals surface area contributed by atoms with Crippen molar-refractivity contribution in [2.75, 3.05) is 0 Å². The maximum atomic E-state index is 12.6. The summed E-state index contributed by atoms with van der Waals surface area (Å²) >= 11 is 0. The van der Waals surface area contributed by atoms with Crippen molar-refractivity contribution in [3.8, 4) is 0 Å². The highest BCUT2D eigenvalue weighted by atomic mass is 28.4. The molecule has 7 nitrogen and oxygen atoms in total. The normalized spacial score (nSPS) is 21.1. The molecule has 1 aromatic carbocycles. The zero-order valence-electron chi connectivity index (χ0n) is 25.2. The molecule has 220 valence electrons. The minimum atomic E-state index is -2.74. The van der Waals surface area contributed by atoms with Crippen molar-refractivity contribution in [1.82, 2.24) is 0 Å². The molecule has 0 spiro atoms. The van der Waals surface area contributed by atoms with Gasteiger partial charge in [-0.1, -0.05) is 78.0 Å². The molecular formula is C32H46O7Si. The van der Waals surface area contributed by atoms with Gasteiger partial charge in [0.05, 0.1) is 24.9 Å². The SMILES string of the molecule is C/C=C/C(=O)O[C@@H](C[C@@H]1C[C@@H](C(C)(C)c2ccc(C=O)o2)O[Si](C(C)C)(C(C)C)O1)[C@H](C)OCc1ccccc1. The van der Waals surface area contributed by atoms with Gasteiger partial charge in [0.1, 0.15) is 11.9 Å². The molecule has 1 saturated heterocycles. The van der Waals surface area contributed by atoms with Gasteiger partial charge in [0.15, 0.2) is 12.0 Å². The van der Waals surface area contributed by atoms with E-state index >= 15 is 0 Å². The smallest absolute Gasteiger partial charge is 0.343 e. The number of allylic oxidation sites excluding steroid dienone is 1. The molecule has 3 rings (SSSR count). The van der Waals surface area contributed by atoms with Gasteiger partial charge in [0.25, 0.3) is 0 Å². The van der Waals surface area contributed by atoms with Gasteiger partial charge in [-0.05, 0) is 49.0 Å². The fraction of sp³-hybridized carbons (Fsp3) is 0.562. The number of furan rings is 1. The highest BCUT2D eigenvalue weighted by molar-refractivity contribution is 6.70. The zero-order chi connectivity index (χ0) is 29.5. The van der Waals surface area contributed by atoms with Crippen LogP contribution in [0.1, 0.15) is 90.1 Å². The number of benzene rings is 1. The van der Waals surface area contributed by atoms with Crippen molar-refractivity contribution in [1.29, 1.82) is 0 Å². The molecule has 1 fully saturated rings. The van der Waals surface area contributed by atoms with Crippen molar-refractivity contribution >= 4 is 20.8 Å². The van der Waals surface area contributed by atoms with Crippen LogP contribution >= 0.6 is 0 Å². The molecule has 40 heavy (non-hydrogen) atoms. The molecule has 1 aromatic heterocycles. The van der Waals surface area contributed by atoms with E-state index in [1.165, 1.54) is 6.08 Å². The predicted molar refractivity (Wildman–Crippen MR) is 157 cm³/mol. The van der Waals surface area contributed by atoms with Crippen LogP contribution in [0.25, 0.3) is 0 Å². The number of carbonyl (C=O) groups is 2. The van der Waals surface area contributed by atoms with E-state index in [4.69, 9.17) is 22.7 Å². The van der Waals surface area contributed by atoms with Crippen molar-refractivity contribution in [2.45, 2.75) is 116 Å². The minimum absolute atomic E-state index is 0.187. The molecule has 0 saturated carbocycles. The average Bonchev–Trinajstić information content (AvgIpc) is 3.42. The monoisotopic (exact) mass is 570 g/mol. The Balaban J connectivity index is 1.90. The van der Waals surface area contributed by atoms with Crippen LogP contribution in [-0.4, -0.2) is 45.2 Å². The third-order valence-electron chi connectivity index (χ3n) is 7.89. The van der Waals surface area contributed by atoms with Crippen molar-refractivity contribution in [2.24, 2.45) is 0 Å². The Bertz CT molecular complexity index is 1110. The van der Waals surface area contributed by atoms with Crippen LogP contribution in [0.2, 0.25) is 11.1 Å². The van der Waals surface area contributed by atoms with Gasteiger partial charge in [-0.2, -0.15) is 0 Å². The Morgan fingerprint density at radius 1 is 1.05 bits per heavy atom. The third kappa shape index (κ3) is 7.60. The fourth-order valence-corrected chi connectivity index (χ4v) is 9.42. The lowest BCUT2D eigenvalue weighted by Gasteiger charge is -2.51. The Kier molecular flexibility index (Phi) is 11.1. The summed E-state index contributed by atoms with van der Waals surface area (Å²) in [5, 5.41) is 0. The van der Waals surface area contributed by atoms with Gasteiger partial charge < -0.3 is 22.7 Å². The number of ether oxygens (including phenoxy) is 2. The third-order valence-corrected chi connectivity index (χ3v) is 12.5. The second-order valence-electron chi connectivity index (χ2n) is 11.9. The molecule has 0 bridgehead atoms. The maximum Gasteiger partial charge on any atom is 0.343 e. The summed E-state index contributed by atoms with van der Waals surface area (Å²) in [7, 11) is -2.74. The van der Waals surface area contributed by atoms with Crippen LogP contribution in [0.15, 0.2) is 59.0 Å². The van der Waals surface area contributed by atoms with E-state index in [-0.39, 0.29) is 29.4 Å². The maximum absolute atomic E-state index is 12.6. The van der Waals surface area contributed by atoms with Crippen LogP contribution in [0.3, 0.4) is 0 Å². The standard InChI is InChI=1S/C32H46O7Si/c1-9-13-31(34)37-28(24(6)35-21-25-14-11-10-12-15-25)18-27-19-30(39-40(38-27,22(2)3)23(4)5)32(7,8)29-17-16-26(20-33)36-29/h9-17,20,22-24,27-28,30H,18-19,21H2,1-8H3/b13-9+/t24-,27+,28-,30-/m0/s1. The molecule has 2 heterocycles. The van der Waals surface area contributed by atoms with Crippen molar-refractivity contribution in [3.05, 3.63) is 71.7 Å². The summed E-state index contributed by atoms with van der Waals surface area (Å²) in [6, 6.07) is 13.5. The summed E-state index contributed by atoms with van der Waals surface area (Å²) in [6.45, 7) is 16.9. The average molecular weight is 571 g/mol. The molecule has 1 aliphatic rings. The second-order valence-corrected chi connectivity index (χ2v) is 16.1. The van der Waals surface area contributed by atoms with Gasteiger partial charge in [-0.3, -0.25) is 4.79 Å². The van der Waals surface area contributed by atoms with Gasteiger partial charge in [0, 0.05) is 17.9 Å². The zero-order valence-corrected chi connectivity index (χ0v) is 26.2. The summed E-state index contributed by atoms with van der Waals surface area (Å²) < 4.78 is 31.9. The first-order valence-electron chi connectivity index (χ1n) is 14.3. The van der Waals surface area contributed by atoms with Crippen LogP contribution in [-0.2, 0) is 35.1 Å². The first-order valence-corrected chi connectivity index (χ1v) is 16.3. The minimum Gasteiger partial charge on any atom is -0.458 e. The highest BCUT2D eigenvalue weighted by Gasteiger charge is 2.55. The van der Waals surface area contributed by atoms with Crippen LogP contribution in [0.4, 0.5) is 0 Å². The molecular weight excluding hydrogens is 524 g/mol. The lowest BCUT2D eigenvalue weighted by atomic mass is 9.80. The van der Waals surface area contributed by atoms with E-state index in [9.17, 15) is 9.59 Å². The van der Waals surface area contributed by atoms with Gasteiger partial charge >= 0.3 is 14.5 Å².